The monoisotopic (exact) mass is 419 g/mol. The van der Waals surface area contributed by atoms with Gasteiger partial charge in [0.2, 0.25) is 0 Å². The number of rotatable bonds is 3. The molecular formula is C18H18BrN3O4. The molecule has 0 aliphatic carbocycles. The molecule has 1 aromatic carbocycles. The number of amides is 2. The second kappa shape index (κ2) is 6.97. The fraction of sp³-hybridized carbons (Fsp3) is 0.222. The molecule has 0 bridgehead atoms. The Morgan fingerprint density at radius 1 is 1.31 bits per heavy atom. The molecule has 0 unspecified atom stereocenters. The van der Waals surface area contributed by atoms with E-state index >= 15 is 0 Å². The van der Waals surface area contributed by atoms with Crippen molar-refractivity contribution in [3.8, 4) is 5.75 Å². The Labute approximate surface area is 158 Å². The molecule has 136 valence electrons. The zero-order valence-electron chi connectivity index (χ0n) is 14.2. The number of carbonyl (C=O) groups is 1. The standard InChI is InChI=1S/C18H18BrN3O4/c1-18(2)13(10-20-17(24)21-25)16(22-8-4-3-5-15(22)23)12-9-11(19)6-7-14(12)26-18/h3-9,25H,10H2,1-2H3,(H2,20,21,24). The molecule has 2 amide bonds. The summed E-state index contributed by atoms with van der Waals surface area (Å²) in [7, 11) is 0. The molecule has 0 fully saturated rings. The number of nitrogens with zero attached hydrogens (tertiary/aromatic N) is 1. The summed E-state index contributed by atoms with van der Waals surface area (Å²) in [6.45, 7) is 3.81. The number of fused-ring (bicyclic) bond motifs is 1. The second-order valence-corrected chi connectivity index (χ2v) is 7.20. The van der Waals surface area contributed by atoms with E-state index in [1.54, 1.807) is 18.3 Å². The number of pyridine rings is 1. The van der Waals surface area contributed by atoms with Crippen LogP contribution in [0.4, 0.5) is 4.79 Å². The molecule has 7 nitrogen and oxygen atoms in total. The van der Waals surface area contributed by atoms with Crippen molar-refractivity contribution in [2.24, 2.45) is 0 Å². The molecule has 0 saturated carbocycles. The van der Waals surface area contributed by atoms with E-state index in [0.29, 0.717) is 17.0 Å². The van der Waals surface area contributed by atoms with E-state index in [0.717, 1.165) is 10.0 Å². The summed E-state index contributed by atoms with van der Waals surface area (Å²) in [6.07, 6.45) is 1.68. The van der Waals surface area contributed by atoms with Gasteiger partial charge in [0, 0.05) is 34.4 Å². The molecule has 3 rings (SSSR count). The molecule has 0 saturated heterocycles. The van der Waals surface area contributed by atoms with Gasteiger partial charge in [-0.05, 0) is 38.1 Å². The van der Waals surface area contributed by atoms with Crippen LogP contribution in [-0.2, 0) is 0 Å². The quantitative estimate of drug-likeness (QED) is 0.526. The zero-order chi connectivity index (χ0) is 18.9. The Hall–Kier alpha value is -2.58. The number of carbonyl (C=O) groups excluding carboxylic acids is 1. The SMILES string of the molecule is CC1(C)Oc2ccc(Br)cc2C(n2ccccc2=O)=C1CNC(=O)NO. The average Bonchev–Trinajstić information content (AvgIpc) is 2.60. The molecule has 1 aromatic heterocycles. The third-order valence-corrected chi connectivity index (χ3v) is 4.66. The van der Waals surface area contributed by atoms with Crippen LogP contribution in [0.5, 0.6) is 5.75 Å². The summed E-state index contributed by atoms with van der Waals surface area (Å²) >= 11 is 3.45. The molecule has 0 radical (unpaired) electrons. The first-order valence-electron chi connectivity index (χ1n) is 7.92. The smallest absolute Gasteiger partial charge is 0.338 e. The molecule has 1 aliphatic rings. The van der Waals surface area contributed by atoms with Crippen molar-refractivity contribution in [3.63, 3.8) is 0 Å². The van der Waals surface area contributed by atoms with E-state index in [4.69, 9.17) is 9.94 Å². The maximum Gasteiger partial charge on any atom is 0.338 e. The molecule has 8 heteroatoms. The fourth-order valence-electron chi connectivity index (χ4n) is 2.95. The van der Waals surface area contributed by atoms with Crippen LogP contribution in [-0.4, -0.2) is 28.0 Å². The van der Waals surface area contributed by atoms with Crippen LogP contribution in [0.3, 0.4) is 0 Å². The van der Waals surface area contributed by atoms with Gasteiger partial charge in [0.1, 0.15) is 11.4 Å². The number of aromatic nitrogens is 1. The minimum atomic E-state index is -0.784. The van der Waals surface area contributed by atoms with Crippen LogP contribution in [0.1, 0.15) is 19.4 Å². The second-order valence-electron chi connectivity index (χ2n) is 6.28. The van der Waals surface area contributed by atoms with Crippen molar-refractivity contribution in [3.05, 3.63) is 68.6 Å². The van der Waals surface area contributed by atoms with E-state index in [-0.39, 0.29) is 12.1 Å². The number of ether oxygens (including phenoxy) is 1. The molecule has 0 spiro atoms. The van der Waals surface area contributed by atoms with Gasteiger partial charge in [0.05, 0.1) is 5.70 Å². The van der Waals surface area contributed by atoms with Crippen LogP contribution >= 0.6 is 15.9 Å². The van der Waals surface area contributed by atoms with Crippen molar-refractivity contribution in [1.82, 2.24) is 15.4 Å². The maximum absolute atomic E-state index is 12.5. The summed E-state index contributed by atoms with van der Waals surface area (Å²) in [5.41, 5.74) is 2.62. The van der Waals surface area contributed by atoms with Gasteiger partial charge in [0.15, 0.2) is 0 Å². The zero-order valence-corrected chi connectivity index (χ0v) is 15.8. The fourth-order valence-corrected chi connectivity index (χ4v) is 3.31. The Bertz CT molecular complexity index is 949. The van der Waals surface area contributed by atoms with E-state index in [2.05, 4.69) is 21.2 Å². The third-order valence-electron chi connectivity index (χ3n) is 4.17. The van der Waals surface area contributed by atoms with Gasteiger partial charge < -0.3 is 10.1 Å². The first kappa shape index (κ1) is 18.2. The van der Waals surface area contributed by atoms with Gasteiger partial charge in [-0.2, -0.15) is 0 Å². The van der Waals surface area contributed by atoms with E-state index in [1.807, 2.05) is 32.0 Å². The first-order chi connectivity index (χ1) is 12.3. The van der Waals surface area contributed by atoms with Crippen LogP contribution in [0.25, 0.3) is 5.70 Å². The van der Waals surface area contributed by atoms with Gasteiger partial charge in [-0.3, -0.25) is 14.6 Å². The Morgan fingerprint density at radius 2 is 2.08 bits per heavy atom. The first-order valence-corrected chi connectivity index (χ1v) is 8.71. The van der Waals surface area contributed by atoms with Gasteiger partial charge in [-0.25, -0.2) is 10.3 Å². The number of hydrogen-bond donors (Lipinski definition) is 3. The van der Waals surface area contributed by atoms with Crippen molar-refractivity contribution >= 4 is 27.7 Å². The number of nitrogens with one attached hydrogen (secondary N) is 2. The molecule has 0 atom stereocenters. The summed E-state index contributed by atoms with van der Waals surface area (Å²) in [4.78, 5) is 24.0. The lowest BCUT2D eigenvalue weighted by molar-refractivity contribution is 0.138. The lowest BCUT2D eigenvalue weighted by Gasteiger charge is -2.37. The molecule has 2 heterocycles. The summed E-state index contributed by atoms with van der Waals surface area (Å²) in [5.74, 6) is 0.638. The largest absolute Gasteiger partial charge is 0.483 e. The Morgan fingerprint density at radius 3 is 2.77 bits per heavy atom. The third kappa shape index (κ3) is 3.38. The summed E-state index contributed by atoms with van der Waals surface area (Å²) in [5, 5.41) is 11.3. The van der Waals surface area contributed by atoms with Gasteiger partial charge in [-0.1, -0.05) is 22.0 Å². The minimum absolute atomic E-state index is 0.0853. The van der Waals surface area contributed by atoms with Crippen LogP contribution in [0.2, 0.25) is 0 Å². The number of benzene rings is 1. The summed E-state index contributed by atoms with van der Waals surface area (Å²) < 4.78 is 8.48. The molecule has 26 heavy (non-hydrogen) atoms. The van der Waals surface area contributed by atoms with E-state index in [9.17, 15) is 9.59 Å². The average molecular weight is 420 g/mol. The lowest BCUT2D eigenvalue weighted by Crippen LogP contribution is -2.44. The maximum atomic E-state index is 12.5. The molecular weight excluding hydrogens is 402 g/mol. The highest BCUT2D eigenvalue weighted by Gasteiger charge is 2.36. The molecule has 1 aliphatic heterocycles. The van der Waals surface area contributed by atoms with E-state index in [1.165, 1.54) is 16.1 Å². The van der Waals surface area contributed by atoms with Gasteiger partial charge in [-0.15, -0.1) is 0 Å². The topological polar surface area (TPSA) is 92.6 Å². The highest BCUT2D eigenvalue weighted by atomic mass is 79.9. The summed E-state index contributed by atoms with van der Waals surface area (Å²) in [6, 6.07) is 9.73. The number of hydrogen-bond acceptors (Lipinski definition) is 4. The van der Waals surface area contributed by atoms with Crippen molar-refractivity contribution < 1.29 is 14.7 Å². The predicted molar refractivity (Wildman–Crippen MR) is 100 cm³/mol. The van der Waals surface area contributed by atoms with Crippen molar-refractivity contribution in [2.75, 3.05) is 6.54 Å². The highest BCUT2D eigenvalue weighted by Crippen LogP contribution is 2.41. The van der Waals surface area contributed by atoms with Gasteiger partial charge in [0.25, 0.3) is 5.56 Å². The van der Waals surface area contributed by atoms with Crippen LogP contribution in [0, 0.1) is 0 Å². The number of urea groups is 1. The molecule has 2 aromatic rings. The van der Waals surface area contributed by atoms with Gasteiger partial charge >= 0.3 is 6.03 Å². The van der Waals surface area contributed by atoms with Crippen LogP contribution in [0.15, 0.2) is 57.4 Å². The van der Waals surface area contributed by atoms with Crippen molar-refractivity contribution in [1.29, 1.82) is 0 Å². The van der Waals surface area contributed by atoms with Crippen molar-refractivity contribution in [2.45, 2.75) is 19.4 Å². The van der Waals surface area contributed by atoms with Crippen LogP contribution < -0.4 is 21.1 Å². The predicted octanol–water partition coefficient (Wildman–Crippen LogP) is 2.73. The lowest BCUT2D eigenvalue weighted by atomic mass is 9.89. The van der Waals surface area contributed by atoms with E-state index < -0.39 is 11.6 Å². The number of hydroxylamine groups is 1. The molecule has 3 N–H and O–H groups in total. The Balaban J connectivity index is 2.27. The Kier molecular flexibility index (Phi) is 4.88. The number of halogens is 1. The minimum Gasteiger partial charge on any atom is -0.483 e. The normalized spacial score (nSPS) is 15.1. The highest BCUT2D eigenvalue weighted by molar-refractivity contribution is 9.10.